The zero-order valence-electron chi connectivity index (χ0n) is 14.3. The summed E-state index contributed by atoms with van der Waals surface area (Å²) in [5.41, 5.74) is 1.08. The average Bonchev–Trinajstić information content (AvgIpc) is 3.22. The maximum atomic E-state index is 5.54. The Kier molecular flexibility index (Phi) is 4.36. The molecule has 0 saturated carbocycles. The summed E-state index contributed by atoms with van der Waals surface area (Å²) in [5.74, 6) is 4.06. The van der Waals surface area contributed by atoms with Crippen LogP contribution in [0.5, 0.6) is 0 Å². The van der Waals surface area contributed by atoms with E-state index >= 15 is 0 Å². The summed E-state index contributed by atoms with van der Waals surface area (Å²) in [5, 5.41) is 8.94. The number of aromatic nitrogens is 4. The summed E-state index contributed by atoms with van der Waals surface area (Å²) in [6.07, 6.45) is 3.06. The van der Waals surface area contributed by atoms with E-state index in [2.05, 4.69) is 25.3 Å². The van der Waals surface area contributed by atoms with Crippen molar-refractivity contribution in [3.8, 4) is 0 Å². The van der Waals surface area contributed by atoms with Crippen LogP contribution in [0.25, 0.3) is 11.0 Å². The van der Waals surface area contributed by atoms with Gasteiger partial charge in [-0.2, -0.15) is 16.9 Å². The first-order valence-electron chi connectivity index (χ1n) is 8.49. The Bertz CT molecular complexity index is 721. The minimum Gasteiger partial charge on any atom is -0.379 e. The van der Waals surface area contributed by atoms with Crippen LogP contribution in [0.2, 0.25) is 0 Å². The average molecular weight is 348 g/mol. The Morgan fingerprint density at radius 2 is 2.17 bits per heavy atom. The highest BCUT2D eigenvalue weighted by molar-refractivity contribution is 7.99. The van der Waals surface area contributed by atoms with Crippen LogP contribution in [-0.2, 0) is 11.8 Å². The number of morpholine rings is 1. The lowest BCUT2D eigenvalue weighted by Gasteiger charge is -2.43. The number of hydrogen-bond acceptors (Lipinski definition) is 7. The number of thioether (sulfide) groups is 1. The minimum atomic E-state index is 0.196. The molecule has 2 aliphatic rings. The third kappa shape index (κ3) is 2.87. The van der Waals surface area contributed by atoms with Crippen LogP contribution in [-0.4, -0.2) is 74.5 Å². The monoisotopic (exact) mass is 348 g/mol. The third-order valence-corrected chi connectivity index (χ3v) is 6.29. The fourth-order valence-corrected chi connectivity index (χ4v) is 5.13. The van der Waals surface area contributed by atoms with Crippen molar-refractivity contribution in [2.45, 2.75) is 18.9 Å². The second-order valence-electron chi connectivity index (χ2n) is 6.60. The molecule has 0 spiro atoms. The number of ether oxygens (including phenoxy) is 1. The molecule has 1 N–H and O–H groups in total. The summed E-state index contributed by atoms with van der Waals surface area (Å²) in [6, 6.07) is 0. The normalized spacial score (nSPS) is 25.4. The van der Waals surface area contributed by atoms with Gasteiger partial charge in [0.2, 0.25) is 0 Å². The van der Waals surface area contributed by atoms with Crippen molar-refractivity contribution in [1.29, 1.82) is 0 Å². The fraction of sp³-hybridized carbons (Fsp3) is 0.688. The minimum absolute atomic E-state index is 0.196. The SMILES string of the molecule is Cc1nc(NC[C@]2(N3CCOCC3)CCSC2)c2cnn(C)c2n1. The highest BCUT2D eigenvalue weighted by Gasteiger charge is 2.40. The molecule has 0 radical (unpaired) electrons. The first kappa shape index (κ1) is 16.1. The lowest BCUT2D eigenvalue weighted by atomic mass is 9.95. The van der Waals surface area contributed by atoms with Gasteiger partial charge in [0.05, 0.1) is 24.8 Å². The molecule has 2 fully saturated rings. The molecule has 7 nitrogen and oxygen atoms in total. The quantitative estimate of drug-likeness (QED) is 0.893. The molecule has 4 rings (SSSR count). The molecule has 24 heavy (non-hydrogen) atoms. The summed E-state index contributed by atoms with van der Waals surface area (Å²) < 4.78 is 7.35. The maximum Gasteiger partial charge on any atom is 0.163 e. The van der Waals surface area contributed by atoms with Gasteiger partial charge in [-0.05, 0) is 19.1 Å². The maximum absolute atomic E-state index is 5.54. The number of anilines is 1. The Hall–Kier alpha value is -1.38. The highest BCUT2D eigenvalue weighted by atomic mass is 32.2. The number of rotatable bonds is 4. The van der Waals surface area contributed by atoms with Crippen molar-refractivity contribution in [2.75, 3.05) is 49.7 Å². The van der Waals surface area contributed by atoms with Crippen molar-refractivity contribution in [2.24, 2.45) is 7.05 Å². The smallest absolute Gasteiger partial charge is 0.163 e. The van der Waals surface area contributed by atoms with Gasteiger partial charge in [0, 0.05) is 38.0 Å². The molecular weight excluding hydrogens is 324 g/mol. The van der Waals surface area contributed by atoms with Crippen LogP contribution in [0.4, 0.5) is 5.82 Å². The van der Waals surface area contributed by atoms with Crippen molar-refractivity contribution < 1.29 is 4.74 Å². The standard InChI is InChI=1S/C16H24N6OS/c1-12-19-14(13-9-18-21(2)15(13)20-12)17-10-16(3-8-24-11-16)22-4-6-23-7-5-22/h9H,3-8,10-11H2,1-2H3,(H,17,19,20)/t16-/m1/s1. The van der Waals surface area contributed by atoms with E-state index in [0.717, 1.165) is 55.5 Å². The molecule has 2 saturated heterocycles. The Labute approximate surface area is 146 Å². The van der Waals surface area contributed by atoms with Crippen LogP contribution in [0.15, 0.2) is 6.20 Å². The molecule has 0 aliphatic carbocycles. The largest absolute Gasteiger partial charge is 0.379 e. The van der Waals surface area contributed by atoms with E-state index in [4.69, 9.17) is 4.74 Å². The summed E-state index contributed by atoms with van der Waals surface area (Å²) in [6.45, 7) is 6.56. The number of aryl methyl sites for hydroxylation is 2. The molecule has 2 aliphatic heterocycles. The summed E-state index contributed by atoms with van der Waals surface area (Å²) >= 11 is 2.05. The second kappa shape index (κ2) is 6.50. The van der Waals surface area contributed by atoms with E-state index in [1.165, 1.54) is 17.9 Å². The number of hydrogen-bond donors (Lipinski definition) is 1. The van der Waals surface area contributed by atoms with Crippen molar-refractivity contribution in [3.63, 3.8) is 0 Å². The number of nitrogens with one attached hydrogen (secondary N) is 1. The Balaban J connectivity index is 1.58. The van der Waals surface area contributed by atoms with Gasteiger partial charge in [0.1, 0.15) is 11.6 Å². The van der Waals surface area contributed by atoms with E-state index in [1.807, 2.05) is 31.9 Å². The van der Waals surface area contributed by atoms with Crippen LogP contribution in [0.3, 0.4) is 0 Å². The lowest BCUT2D eigenvalue weighted by Crippen LogP contribution is -2.57. The Morgan fingerprint density at radius 3 is 2.92 bits per heavy atom. The van der Waals surface area contributed by atoms with Gasteiger partial charge in [-0.15, -0.1) is 0 Å². The fourth-order valence-electron chi connectivity index (χ4n) is 3.65. The van der Waals surface area contributed by atoms with Crippen LogP contribution >= 0.6 is 11.8 Å². The van der Waals surface area contributed by atoms with Gasteiger partial charge < -0.3 is 10.1 Å². The molecule has 0 amide bonds. The van der Waals surface area contributed by atoms with E-state index in [-0.39, 0.29) is 5.54 Å². The molecule has 2 aromatic rings. The predicted octanol–water partition coefficient (Wildman–Crippen LogP) is 1.29. The molecular formula is C16H24N6OS. The molecule has 8 heteroatoms. The molecule has 130 valence electrons. The zero-order valence-corrected chi connectivity index (χ0v) is 15.1. The molecule has 0 unspecified atom stereocenters. The van der Waals surface area contributed by atoms with Crippen LogP contribution < -0.4 is 5.32 Å². The van der Waals surface area contributed by atoms with Crippen LogP contribution in [0.1, 0.15) is 12.2 Å². The molecule has 4 heterocycles. The molecule has 2 aromatic heterocycles. The first-order valence-corrected chi connectivity index (χ1v) is 9.64. The van der Waals surface area contributed by atoms with E-state index in [9.17, 15) is 0 Å². The van der Waals surface area contributed by atoms with Crippen molar-refractivity contribution >= 4 is 28.6 Å². The topological polar surface area (TPSA) is 68.1 Å². The van der Waals surface area contributed by atoms with Gasteiger partial charge in [-0.3, -0.25) is 9.58 Å². The predicted molar refractivity (Wildman–Crippen MR) is 96.6 cm³/mol. The van der Waals surface area contributed by atoms with E-state index < -0.39 is 0 Å². The third-order valence-electron chi connectivity index (χ3n) is 5.05. The second-order valence-corrected chi connectivity index (χ2v) is 7.71. The van der Waals surface area contributed by atoms with E-state index in [0.29, 0.717) is 0 Å². The van der Waals surface area contributed by atoms with Gasteiger partial charge >= 0.3 is 0 Å². The molecule has 0 aromatic carbocycles. The van der Waals surface area contributed by atoms with E-state index in [1.54, 1.807) is 4.68 Å². The highest BCUT2D eigenvalue weighted by Crippen LogP contribution is 2.34. The number of fused-ring (bicyclic) bond motifs is 1. The van der Waals surface area contributed by atoms with Gasteiger partial charge in [-0.25, -0.2) is 9.97 Å². The van der Waals surface area contributed by atoms with Crippen LogP contribution in [0, 0.1) is 6.92 Å². The van der Waals surface area contributed by atoms with Crippen molar-refractivity contribution in [3.05, 3.63) is 12.0 Å². The van der Waals surface area contributed by atoms with Gasteiger partial charge in [0.15, 0.2) is 5.65 Å². The summed E-state index contributed by atoms with van der Waals surface area (Å²) in [4.78, 5) is 11.7. The Morgan fingerprint density at radius 1 is 1.33 bits per heavy atom. The molecule has 1 atom stereocenters. The van der Waals surface area contributed by atoms with Gasteiger partial charge in [0.25, 0.3) is 0 Å². The van der Waals surface area contributed by atoms with Gasteiger partial charge in [-0.1, -0.05) is 0 Å². The zero-order chi connectivity index (χ0) is 16.6. The molecule has 0 bridgehead atoms. The van der Waals surface area contributed by atoms with Crippen molar-refractivity contribution in [1.82, 2.24) is 24.6 Å². The summed E-state index contributed by atoms with van der Waals surface area (Å²) in [7, 11) is 1.92. The number of nitrogens with zero attached hydrogens (tertiary/aromatic N) is 5. The first-order chi connectivity index (χ1) is 11.7. The lowest BCUT2D eigenvalue weighted by molar-refractivity contribution is -0.00922.